The van der Waals surface area contributed by atoms with E-state index in [0.717, 1.165) is 25.3 Å². The van der Waals surface area contributed by atoms with E-state index < -0.39 is 16.0 Å². The number of sulfonamides is 1. The number of carboxylic acid groups (broad SMARTS) is 1. The number of aliphatic hydroxyl groups excluding tert-OH is 1. The van der Waals surface area contributed by atoms with Crippen molar-refractivity contribution in [1.82, 2.24) is 9.29 Å². The maximum atomic E-state index is 12.2. The Morgan fingerprint density at radius 3 is 2.67 bits per heavy atom. The fourth-order valence-electron chi connectivity index (χ4n) is 2.82. The van der Waals surface area contributed by atoms with Gasteiger partial charge in [0, 0.05) is 26.4 Å². The minimum Gasteiger partial charge on any atom is -0.477 e. The first kappa shape index (κ1) is 16.0. The van der Waals surface area contributed by atoms with Gasteiger partial charge in [0.1, 0.15) is 10.6 Å². The Morgan fingerprint density at radius 2 is 2.10 bits per heavy atom. The maximum absolute atomic E-state index is 12.2. The summed E-state index contributed by atoms with van der Waals surface area (Å²) >= 11 is 0. The highest BCUT2D eigenvalue weighted by Gasteiger charge is 2.28. The van der Waals surface area contributed by atoms with E-state index >= 15 is 0 Å². The van der Waals surface area contributed by atoms with Gasteiger partial charge >= 0.3 is 5.97 Å². The van der Waals surface area contributed by atoms with Crippen LogP contribution in [0.4, 0.5) is 0 Å². The molecule has 7 nitrogen and oxygen atoms in total. The van der Waals surface area contributed by atoms with Crippen LogP contribution < -0.4 is 4.72 Å². The van der Waals surface area contributed by atoms with Crippen molar-refractivity contribution in [3.63, 3.8) is 0 Å². The van der Waals surface area contributed by atoms with Crippen molar-refractivity contribution >= 4 is 16.0 Å². The summed E-state index contributed by atoms with van der Waals surface area (Å²) in [6.45, 7) is 0.339. The lowest BCUT2D eigenvalue weighted by Crippen LogP contribution is -2.31. The van der Waals surface area contributed by atoms with E-state index in [1.165, 1.54) is 17.8 Å². The molecule has 0 aromatic carbocycles. The molecule has 118 valence electrons. The lowest BCUT2D eigenvalue weighted by molar-refractivity contribution is 0.0686. The number of aliphatic hydroxyl groups is 1. The first-order chi connectivity index (χ1) is 9.85. The predicted octanol–water partition coefficient (Wildman–Crippen LogP) is 0.410. The van der Waals surface area contributed by atoms with Crippen LogP contribution in [-0.4, -0.2) is 42.3 Å². The van der Waals surface area contributed by atoms with Gasteiger partial charge in [-0.25, -0.2) is 17.9 Å². The van der Waals surface area contributed by atoms with Crippen molar-refractivity contribution < 1.29 is 23.4 Å². The third-order valence-corrected chi connectivity index (χ3v) is 5.49. The molecule has 21 heavy (non-hydrogen) atoms. The third-order valence-electron chi connectivity index (χ3n) is 4.10. The van der Waals surface area contributed by atoms with Crippen molar-refractivity contribution in [2.24, 2.45) is 18.9 Å². The molecule has 8 heteroatoms. The average Bonchev–Trinajstić information content (AvgIpc) is 3.02. The first-order valence-corrected chi connectivity index (χ1v) is 8.33. The Bertz CT molecular complexity index is 623. The van der Waals surface area contributed by atoms with E-state index in [-0.39, 0.29) is 35.6 Å². The highest BCUT2D eigenvalue weighted by Crippen LogP contribution is 2.31. The van der Waals surface area contributed by atoms with Gasteiger partial charge in [0.25, 0.3) is 0 Å². The van der Waals surface area contributed by atoms with Gasteiger partial charge in [-0.2, -0.15) is 0 Å². The maximum Gasteiger partial charge on any atom is 0.352 e. The first-order valence-electron chi connectivity index (χ1n) is 6.85. The molecule has 0 radical (unpaired) electrons. The zero-order valence-corrected chi connectivity index (χ0v) is 12.6. The molecule has 3 N–H and O–H groups in total. The van der Waals surface area contributed by atoms with Crippen LogP contribution in [0.15, 0.2) is 17.2 Å². The summed E-state index contributed by atoms with van der Waals surface area (Å²) in [5.41, 5.74) is -0.0792. The van der Waals surface area contributed by atoms with Crippen LogP contribution in [-0.2, 0) is 17.1 Å². The van der Waals surface area contributed by atoms with Crippen LogP contribution in [0.2, 0.25) is 0 Å². The molecule has 1 aromatic heterocycles. The van der Waals surface area contributed by atoms with E-state index in [1.807, 2.05) is 0 Å². The number of aromatic carboxylic acids is 1. The molecule has 1 heterocycles. The zero-order chi connectivity index (χ0) is 15.6. The number of rotatable bonds is 6. The summed E-state index contributed by atoms with van der Waals surface area (Å²) in [7, 11) is -2.24. The number of hydrogen-bond donors (Lipinski definition) is 3. The van der Waals surface area contributed by atoms with Crippen molar-refractivity contribution in [3.05, 3.63) is 18.0 Å². The van der Waals surface area contributed by atoms with E-state index in [1.54, 1.807) is 0 Å². The summed E-state index contributed by atoms with van der Waals surface area (Å²) in [5.74, 6) is -0.902. The highest BCUT2D eigenvalue weighted by atomic mass is 32.2. The van der Waals surface area contributed by atoms with E-state index in [0.29, 0.717) is 0 Å². The Kier molecular flexibility index (Phi) is 4.70. The molecule has 1 aliphatic rings. The number of hydrogen-bond acceptors (Lipinski definition) is 4. The minimum atomic E-state index is -3.73. The SMILES string of the molecule is Cn1cc(S(=O)(=O)NCC2CCCC2CO)cc1C(=O)O. The predicted molar refractivity (Wildman–Crippen MR) is 75.5 cm³/mol. The molecule has 2 rings (SSSR count). The minimum absolute atomic E-state index is 0.0547. The van der Waals surface area contributed by atoms with E-state index in [9.17, 15) is 18.3 Å². The monoisotopic (exact) mass is 316 g/mol. The second-order valence-corrected chi connectivity index (χ2v) is 7.23. The lowest BCUT2D eigenvalue weighted by atomic mass is 9.97. The Balaban J connectivity index is 2.08. The van der Waals surface area contributed by atoms with Gasteiger partial charge in [-0.1, -0.05) is 6.42 Å². The molecule has 1 saturated carbocycles. The third kappa shape index (κ3) is 3.45. The van der Waals surface area contributed by atoms with Crippen molar-refractivity contribution in [2.45, 2.75) is 24.2 Å². The Hall–Kier alpha value is -1.38. The summed E-state index contributed by atoms with van der Waals surface area (Å²) in [4.78, 5) is 10.9. The number of nitrogens with one attached hydrogen (secondary N) is 1. The topological polar surface area (TPSA) is 109 Å². The fraction of sp³-hybridized carbons (Fsp3) is 0.615. The molecule has 0 saturated heterocycles. The molecule has 0 amide bonds. The van der Waals surface area contributed by atoms with Crippen molar-refractivity contribution in [1.29, 1.82) is 0 Å². The molecule has 1 aliphatic carbocycles. The molecule has 2 unspecified atom stereocenters. The summed E-state index contributed by atoms with van der Waals surface area (Å²) in [6.07, 6.45) is 4.08. The van der Waals surface area contributed by atoms with Crippen LogP contribution >= 0.6 is 0 Å². The number of nitrogens with zero attached hydrogens (tertiary/aromatic N) is 1. The van der Waals surface area contributed by atoms with Gasteiger partial charge in [-0.3, -0.25) is 0 Å². The quantitative estimate of drug-likeness (QED) is 0.704. The second kappa shape index (κ2) is 6.17. The van der Waals surface area contributed by atoms with Gasteiger partial charge in [0.2, 0.25) is 10.0 Å². The smallest absolute Gasteiger partial charge is 0.352 e. The highest BCUT2D eigenvalue weighted by molar-refractivity contribution is 7.89. The number of carbonyl (C=O) groups is 1. The molecule has 1 fully saturated rings. The molecular formula is C13H20N2O5S. The van der Waals surface area contributed by atoms with Gasteiger partial charge in [0.15, 0.2) is 0 Å². The largest absolute Gasteiger partial charge is 0.477 e. The van der Waals surface area contributed by atoms with E-state index in [2.05, 4.69) is 4.72 Å². The number of aromatic nitrogens is 1. The van der Waals surface area contributed by atoms with Crippen LogP contribution in [0.25, 0.3) is 0 Å². The average molecular weight is 316 g/mol. The Morgan fingerprint density at radius 1 is 1.43 bits per heavy atom. The van der Waals surface area contributed by atoms with Gasteiger partial charge in [0.05, 0.1) is 0 Å². The summed E-state index contributed by atoms with van der Waals surface area (Å²) in [6, 6.07) is 1.14. The van der Waals surface area contributed by atoms with Crippen LogP contribution in [0.1, 0.15) is 29.8 Å². The molecule has 1 aromatic rings. The summed E-state index contributed by atoms with van der Waals surface area (Å²) in [5, 5.41) is 18.2. The fourth-order valence-corrected chi connectivity index (χ4v) is 3.98. The Labute approximate surface area is 123 Å². The molecule has 0 aliphatic heterocycles. The van der Waals surface area contributed by atoms with E-state index in [4.69, 9.17) is 5.11 Å². The van der Waals surface area contributed by atoms with Crippen LogP contribution in [0, 0.1) is 11.8 Å². The molecule has 0 spiro atoms. The van der Waals surface area contributed by atoms with Crippen molar-refractivity contribution in [3.8, 4) is 0 Å². The van der Waals surface area contributed by atoms with Gasteiger partial charge in [-0.05, 0) is 30.7 Å². The van der Waals surface area contributed by atoms with Gasteiger partial charge in [-0.15, -0.1) is 0 Å². The van der Waals surface area contributed by atoms with Crippen molar-refractivity contribution in [2.75, 3.05) is 13.2 Å². The second-order valence-electron chi connectivity index (χ2n) is 5.46. The summed E-state index contributed by atoms with van der Waals surface area (Å²) < 4.78 is 28.2. The molecule has 2 atom stereocenters. The zero-order valence-electron chi connectivity index (χ0n) is 11.8. The van der Waals surface area contributed by atoms with Gasteiger partial charge < -0.3 is 14.8 Å². The van der Waals surface area contributed by atoms with Crippen LogP contribution in [0.5, 0.6) is 0 Å². The normalized spacial score (nSPS) is 22.6. The molecular weight excluding hydrogens is 296 g/mol. The number of aryl methyl sites for hydroxylation is 1. The standard InChI is InChI=1S/C13H20N2O5S/c1-15-7-11(5-12(15)13(17)18)21(19,20)14-6-9-3-2-4-10(9)8-16/h5,7,9-10,14,16H,2-4,6,8H2,1H3,(H,17,18). The van der Waals surface area contributed by atoms with Crippen LogP contribution in [0.3, 0.4) is 0 Å². The molecule has 0 bridgehead atoms. The number of carboxylic acids is 1. The lowest BCUT2D eigenvalue weighted by Gasteiger charge is -2.17.